The molecule has 6 heteroatoms. The normalized spacial score (nSPS) is 14.8. The Labute approximate surface area is 98.1 Å². The van der Waals surface area contributed by atoms with Crippen LogP contribution >= 0.6 is 0 Å². The molecule has 0 atom stereocenters. The van der Waals surface area contributed by atoms with E-state index < -0.39 is 6.03 Å². The molecule has 0 spiro atoms. The van der Waals surface area contributed by atoms with Crippen LogP contribution < -0.4 is 19.7 Å². The van der Waals surface area contributed by atoms with Gasteiger partial charge in [-0.2, -0.15) is 0 Å². The number of amides is 3. The maximum Gasteiger partial charge on any atom is 0.329 e. The highest BCUT2D eigenvalue weighted by molar-refractivity contribution is 6.12. The number of methoxy groups -OCH3 is 2. The van der Waals surface area contributed by atoms with Gasteiger partial charge in [-0.15, -0.1) is 0 Å². The molecule has 0 aliphatic carbocycles. The van der Waals surface area contributed by atoms with Crippen LogP contribution in [0.4, 0.5) is 10.5 Å². The van der Waals surface area contributed by atoms with Crippen molar-refractivity contribution in [3.63, 3.8) is 0 Å². The van der Waals surface area contributed by atoms with Crippen molar-refractivity contribution in [1.82, 2.24) is 5.32 Å². The molecule has 1 aliphatic rings. The average molecular weight is 236 g/mol. The molecule has 1 N–H and O–H groups in total. The van der Waals surface area contributed by atoms with Crippen molar-refractivity contribution in [2.45, 2.75) is 0 Å². The Balaban J connectivity index is 2.38. The predicted octanol–water partition coefficient (Wildman–Crippen LogP) is 0.760. The van der Waals surface area contributed by atoms with E-state index in [9.17, 15) is 9.59 Å². The van der Waals surface area contributed by atoms with E-state index in [1.165, 1.54) is 12.0 Å². The van der Waals surface area contributed by atoms with Gasteiger partial charge >= 0.3 is 6.03 Å². The number of hydrogen-bond donors (Lipinski definition) is 1. The van der Waals surface area contributed by atoms with Gasteiger partial charge in [0.25, 0.3) is 0 Å². The van der Waals surface area contributed by atoms with E-state index in [1.807, 2.05) is 0 Å². The number of carbonyl (C=O) groups excluding carboxylic acids is 2. The van der Waals surface area contributed by atoms with Crippen molar-refractivity contribution < 1.29 is 19.1 Å². The lowest BCUT2D eigenvalue weighted by atomic mass is 10.2. The van der Waals surface area contributed by atoms with Crippen molar-refractivity contribution in [3.05, 3.63) is 18.2 Å². The Bertz CT molecular complexity index is 473. The summed E-state index contributed by atoms with van der Waals surface area (Å²) in [6.07, 6.45) is 0. The van der Waals surface area contributed by atoms with Gasteiger partial charge in [0, 0.05) is 6.07 Å². The number of rotatable bonds is 3. The van der Waals surface area contributed by atoms with Crippen molar-refractivity contribution in [3.8, 4) is 11.5 Å². The molecule has 0 unspecified atom stereocenters. The fourth-order valence-corrected chi connectivity index (χ4v) is 1.64. The molecule has 1 aromatic carbocycles. The maximum atomic E-state index is 11.5. The van der Waals surface area contributed by atoms with Crippen molar-refractivity contribution in [2.75, 3.05) is 25.7 Å². The van der Waals surface area contributed by atoms with E-state index in [2.05, 4.69) is 5.32 Å². The maximum absolute atomic E-state index is 11.5. The minimum Gasteiger partial charge on any atom is -0.497 e. The Kier molecular flexibility index (Phi) is 2.86. The quantitative estimate of drug-likeness (QED) is 0.787. The summed E-state index contributed by atoms with van der Waals surface area (Å²) in [5.41, 5.74) is 0.539. The minimum absolute atomic E-state index is 0.00151. The number of nitrogens with one attached hydrogen (secondary N) is 1. The van der Waals surface area contributed by atoms with E-state index in [4.69, 9.17) is 9.47 Å². The van der Waals surface area contributed by atoms with Gasteiger partial charge in [0.2, 0.25) is 5.91 Å². The molecule has 1 heterocycles. The zero-order valence-electron chi connectivity index (χ0n) is 9.52. The molecule has 1 aromatic rings. The lowest BCUT2D eigenvalue weighted by Gasteiger charge is -2.17. The number of anilines is 1. The lowest BCUT2D eigenvalue weighted by Crippen LogP contribution is -2.28. The van der Waals surface area contributed by atoms with E-state index >= 15 is 0 Å². The minimum atomic E-state index is -0.446. The molecule has 90 valence electrons. The van der Waals surface area contributed by atoms with Crippen LogP contribution in [0.25, 0.3) is 0 Å². The van der Waals surface area contributed by atoms with Gasteiger partial charge in [0.1, 0.15) is 18.0 Å². The zero-order chi connectivity index (χ0) is 12.4. The Morgan fingerprint density at radius 2 is 2.00 bits per heavy atom. The zero-order valence-corrected chi connectivity index (χ0v) is 9.52. The average Bonchev–Trinajstić information content (AvgIpc) is 2.67. The molecule has 6 nitrogen and oxygen atoms in total. The fraction of sp³-hybridized carbons (Fsp3) is 0.273. The number of urea groups is 1. The van der Waals surface area contributed by atoms with E-state index in [0.29, 0.717) is 17.2 Å². The van der Waals surface area contributed by atoms with Gasteiger partial charge in [-0.3, -0.25) is 15.0 Å². The summed E-state index contributed by atoms with van der Waals surface area (Å²) in [6.45, 7) is 0.00151. The van der Waals surface area contributed by atoms with Gasteiger partial charge in [-0.25, -0.2) is 4.79 Å². The van der Waals surface area contributed by atoms with Crippen molar-refractivity contribution in [1.29, 1.82) is 0 Å². The third-order valence-electron chi connectivity index (χ3n) is 2.47. The summed E-state index contributed by atoms with van der Waals surface area (Å²) in [4.78, 5) is 24.0. The standard InChI is InChI=1S/C11H12N2O4/c1-16-7-3-4-8(9(5-7)17-2)13-6-10(14)12-11(13)15/h3-5H,6H2,1-2H3,(H,12,14,15). The van der Waals surface area contributed by atoms with E-state index in [0.717, 1.165) is 0 Å². The highest BCUT2D eigenvalue weighted by Crippen LogP contribution is 2.32. The monoisotopic (exact) mass is 236 g/mol. The molecule has 17 heavy (non-hydrogen) atoms. The number of imide groups is 1. The summed E-state index contributed by atoms with van der Waals surface area (Å²) in [5.74, 6) is 0.776. The second-order valence-electron chi connectivity index (χ2n) is 3.48. The molecule has 0 radical (unpaired) electrons. The smallest absolute Gasteiger partial charge is 0.329 e. The SMILES string of the molecule is COc1ccc(N2CC(=O)NC2=O)c(OC)c1. The third kappa shape index (κ3) is 2.01. The highest BCUT2D eigenvalue weighted by Gasteiger charge is 2.30. The summed E-state index contributed by atoms with van der Waals surface area (Å²) in [6, 6.07) is 4.59. The van der Waals surface area contributed by atoms with Gasteiger partial charge in [-0.05, 0) is 12.1 Å². The third-order valence-corrected chi connectivity index (χ3v) is 2.47. The molecular weight excluding hydrogens is 224 g/mol. The first-order chi connectivity index (χ1) is 8.15. The molecule has 0 bridgehead atoms. The van der Waals surface area contributed by atoms with Gasteiger partial charge < -0.3 is 9.47 Å². The number of carbonyl (C=O) groups is 2. The molecule has 3 amide bonds. The van der Waals surface area contributed by atoms with Gasteiger partial charge in [0.15, 0.2) is 0 Å². The number of ether oxygens (including phenoxy) is 2. The van der Waals surface area contributed by atoms with Crippen LogP contribution in [-0.2, 0) is 4.79 Å². The van der Waals surface area contributed by atoms with Gasteiger partial charge in [-0.1, -0.05) is 0 Å². The Hall–Kier alpha value is -2.24. The van der Waals surface area contributed by atoms with Crippen molar-refractivity contribution >= 4 is 17.6 Å². The van der Waals surface area contributed by atoms with Crippen molar-refractivity contribution in [2.24, 2.45) is 0 Å². The second kappa shape index (κ2) is 4.32. The summed E-state index contributed by atoms with van der Waals surface area (Å²) in [7, 11) is 3.04. The first-order valence-electron chi connectivity index (χ1n) is 4.99. The van der Waals surface area contributed by atoms with Crippen LogP contribution in [0, 0.1) is 0 Å². The fourth-order valence-electron chi connectivity index (χ4n) is 1.64. The summed E-state index contributed by atoms with van der Waals surface area (Å²) in [5, 5.41) is 2.21. The number of benzene rings is 1. The molecule has 1 fully saturated rings. The number of hydrogen-bond acceptors (Lipinski definition) is 4. The first-order valence-corrected chi connectivity index (χ1v) is 4.99. The lowest BCUT2D eigenvalue weighted by molar-refractivity contribution is -0.117. The Morgan fingerprint density at radius 3 is 2.53 bits per heavy atom. The summed E-state index contributed by atoms with van der Waals surface area (Å²) >= 11 is 0. The predicted molar refractivity (Wildman–Crippen MR) is 60.4 cm³/mol. The second-order valence-corrected chi connectivity index (χ2v) is 3.48. The molecule has 0 saturated carbocycles. The van der Waals surface area contributed by atoms with Crippen LogP contribution in [0.15, 0.2) is 18.2 Å². The van der Waals surface area contributed by atoms with Crippen LogP contribution in [-0.4, -0.2) is 32.7 Å². The molecular formula is C11H12N2O4. The topological polar surface area (TPSA) is 67.9 Å². The van der Waals surface area contributed by atoms with Crippen LogP contribution in [0.1, 0.15) is 0 Å². The van der Waals surface area contributed by atoms with Crippen LogP contribution in [0.2, 0.25) is 0 Å². The molecule has 1 saturated heterocycles. The van der Waals surface area contributed by atoms with Gasteiger partial charge in [0.05, 0.1) is 19.9 Å². The van der Waals surface area contributed by atoms with Crippen LogP contribution in [0.5, 0.6) is 11.5 Å². The summed E-state index contributed by atoms with van der Waals surface area (Å²) < 4.78 is 10.2. The molecule has 1 aliphatic heterocycles. The molecule has 2 rings (SSSR count). The van der Waals surface area contributed by atoms with E-state index in [-0.39, 0.29) is 12.5 Å². The first kappa shape index (κ1) is 11.3. The highest BCUT2D eigenvalue weighted by atomic mass is 16.5. The molecule has 0 aromatic heterocycles. The largest absolute Gasteiger partial charge is 0.497 e. The van der Waals surface area contributed by atoms with E-state index in [1.54, 1.807) is 25.3 Å². The Morgan fingerprint density at radius 1 is 1.24 bits per heavy atom. The van der Waals surface area contributed by atoms with Crippen LogP contribution in [0.3, 0.4) is 0 Å². The number of nitrogens with zero attached hydrogens (tertiary/aromatic N) is 1.